The van der Waals surface area contributed by atoms with Crippen LogP contribution in [-0.4, -0.2) is 67.0 Å². The Hall–Kier alpha value is -3.30. The van der Waals surface area contributed by atoms with E-state index < -0.39 is 0 Å². The van der Waals surface area contributed by atoms with Gasteiger partial charge in [0.1, 0.15) is 5.65 Å². The molecule has 200 valence electrons. The first-order chi connectivity index (χ1) is 18.0. The first kappa shape index (κ1) is 26.8. The highest BCUT2D eigenvalue weighted by atomic mass is 16.5. The van der Waals surface area contributed by atoms with Crippen LogP contribution in [0.1, 0.15) is 32.3 Å². The van der Waals surface area contributed by atoms with Crippen molar-refractivity contribution in [1.29, 1.82) is 0 Å². The van der Waals surface area contributed by atoms with Crippen molar-refractivity contribution in [3.05, 3.63) is 48.3 Å². The van der Waals surface area contributed by atoms with Crippen LogP contribution in [0.25, 0.3) is 11.0 Å². The second-order valence-corrected chi connectivity index (χ2v) is 9.73. The molecule has 0 atom stereocenters. The van der Waals surface area contributed by atoms with E-state index in [1.807, 2.05) is 6.07 Å². The number of urea groups is 1. The molecule has 2 aromatic heterocycles. The largest absolute Gasteiger partial charge is 0.493 e. The van der Waals surface area contributed by atoms with Crippen molar-refractivity contribution in [2.45, 2.75) is 39.8 Å². The van der Waals surface area contributed by atoms with Gasteiger partial charge in [-0.1, -0.05) is 13.8 Å². The minimum atomic E-state index is -0.285. The molecule has 1 aliphatic rings. The van der Waals surface area contributed by atoms with E-state index in [0.29, 0.717) is 36.3 Å². The van der Waals surface area contributed by atoms with Gasteiger partial charge in [-0.15, -0.1) is 0 Å². The molecule has 9 nitrogen and oxygen atoms in total. The van der Waals surface area contributed by atoms with Crippen LogP contribution in [0.2, 0.25) is 0 Å². The normalized spacial score (nSPS) is 14.2. The van der Waals surface area contributed by atoms with Crippen LogP contribution in [0.3, 0.4) is 0 Å². The van der Waals surface area contributed by atoms with Gasteiger partial charge in [-0.2, -0.15) is 0 Å². The number of fused-ring (bicyclic) bond motifs is 1. The average molecular weight is 510 g/mol. The van der Waals surface area contributed by atoms with E-state index in [2.05, 4.69) is 51.2 Å². The molecule has 0 unspecified atom stereocenters. The number of carbonyl (C=O) groups excluding carboxylic acids is 1. The number of methoxy groups -OCH3 is 1. The Morgan fingerprint density at radius 3 is 2.76 bits per heavy atom. The number of benzene rings is 1. The molecule has 3 aromatic rings. The van der Waals surface area contributed by atoms with Crippen LogP contribution < -0.4 is 20.1 Å². The van der Waals surface area contributed by atoms with E-state index in [1.54, 1.807) is 31.5 Å². The Kier molecular flexibility index (Phi) is 9.62. The number of rotatable bonds is 12. The van der Waals surface area contributed by atoms with Gasteiger partial charge in [-0.05, 0) is 48.6 Å². The number of hydrogen-bond donors (Lipinski definition) is 2. The van der Waals surface area contributed by atoms with Crippen molar-refractivity contribution in [2.24, 2.45) is 5.92 Å². The molecule has 1 aliphatic heterocycles. The lowest BCUT2D eigenvalue weighted by atomic mass is 10.1. The predicted molar refractivity (Wildman–Crippen MR) is 145 cm³/mol. The minimum absolute atomic E-state index is 0.285. The molecular formula is C28H39N5O4. The molecule has 1 fully saturated rings. The minimum Gasteiger partial charge on any atom is -0.493 e. The quantitative estimate of drug-likeness (QED) is 0.349. The summed E-state index contributed by atoms with van der Waals surface area (Å²) in [5.74, 6) is 1.91. The summed E-state index contributed by atoms with van der Waals surface area (Å²) in [5, 5.41) is 6.91. The van der Waals surface area contributed by atoms with Crippen molar-refractivity contribution in [1.82, 2.24) is 19.8 Å². The van der Waals surface area contributed by atoms with E-state index in [0.717, 1.165) is 68.8 Å². The van der Waals surface area contributed by atoms with Gasteiger partial charge in [-0.3, -0.25) is 4.90 Å². The SMILES string of the molecule is COc1ccc(NC(=O)NCc2ccnc3c2ccn3CCN2CCOCC2)cc1OCCCC(C)C. The Balaban J connectivity index is 1.32. The second kappa shape index (κ2) is 13.3. The van der Waals surface area contributed by atoms with Gasteiger partial charge < -0.3 is 29.4 Å². The number of anilines is 1. The van der Waals surface area contributed by atoms with Crippen LogP contribution in [0, 0.1) is 5.92 Å². The van der Waals surface area contributed by atoms with E-state index in [4.69, 9.17) is 14.2 Å². The highest BCUT2D eigenvalue weighted by Crippen LogP contribution is 2.30. The fraction of sp³-hybridized carbons (Fsp3) is 0.500. The predicted octanol–water partition coefficient (Wildman–Crippen LogP) is 4.51. The van der Waals surface area contributed by atoms with Gasteiger partial charge >= 0.3 is 6.03 Å². The number of amides is 2. The van der Waals surface area contributed by atoms with Gasteiger partial charge in [0.25, 0.3) is 0 Å². The molecule has 37 heavy (non-hydrogen) atoms. The number of hydrogen-bond acceptors (Lipinski definition) is 6. The maximum atomic E-state index is 12.7. The van der Waals surface area contributed by atoms with Gasteiger partial charge in [0.2, 0.25) is 0 Å². The summed E-state index contributed by atoms with van der Waals surface area (Å²) >= 11 is 0. The van der Waals surface area contributed by atoms with E-state index in [9.17, 15) is 4.79 Å². The second-order valence-electron chi connectivity index (χ2n) is 9.73. The summed E-state index contributed by atoms with van der Waals surface area (Å²) in [6.45, 7) is 10.8. The number of pyridine rings is 1. The molecule has 4 rings (SSSR count). The van der Waals surface area contributed by atoms with Crippen molar-refractivity contribution in [3.63, 3.8) is 0 Å². The van der Waals surface area contributed by atoms with Crippen LogP contribution in [0.15, 0.2) is 42.7 Å². The Morgan fingerprint density at radius 1 is 1.14 bits per heavy atom. The van der Waals surface area contributed by atoms with Crippen molar-refractivity contribution in [2.75, 3.05) is 51.9 Å². The summed E-state index contributed by atoms with van der Waals surface area (Å²) in [4.78, 5) is 19.7. The van der Waals surface area contributed by atoms with E-state index >= 15 is 0 Å². The topological polar surface area (TPSA) is 89.9 Å². The van der Waals surface area contributed by atoms with Crippen LogP contribution in [0.4, 0.5) is 10.5 Å². The summed E-state index contributed by atoms with van der Waals surface area (Å²) < 4.78 is 18.9. The zero-order chi connectivity index (χ0) is 26.0. The third-order valence-corrected chi connectivity index (χ3v) is 6.56. The lowest BCUT2D eigenvalue weighted by Crippen LogP contribution is -2.38. The van der Waals surface area contributed by atoms with Crippen LogP contribution >= 0.6 is 0 Å². The number of carbonyl (C=O) groups is 1. The molecule has 0 bridgehead atoms. The molecule has 1 saturated heterocycles. The zero-order valence-corrected chi connectivity index (χ0v) is 22.2. The fourth-order valence-electron chi connectivity index (χ4n) is 4.45. The summed E-state index contributed by atoms with van der Waals surface area (Å²) in [7, 11) is 1.61. The number of morpholine rings is 1. The zero-order valence-electron chi connectivity index (χ0n) is 22.2. The number of nitrogens with one attached hydrogen (secondary N) is 2. The Labute approximate surface area is 219 Å². The van der Waals surface area contributed by atoms with Gasteiger partial charge in [0.05, 0.1) is 26.9 Å². The molecular weight excluding hydrogens is 470 g/mol. The molecule has 0 saturated carbocycles. The van der Waals surface area contributed by atoms with Gasteiger partial charge in [0.15, 0.2) is 11.5 Å². The van der Waals surface area contributed by atoms with Gasteiger partial charge in [0, 0.05) is 62.3 Å². The molecule has 1 aromatic carbocycles. The molecule has 9 heteroatoms. The maximum Gasteiger partial charge on any atom is 0.319 e. The molecule has 0 aliphatic carbocycles. The maximum absolute atomic E-state index is 12.7. The third kappa shape index (κ3) is 7.60. The molecule has 0 spiro atoms. The van der Waals surface area contributed by atoms with Crippen LogP contribution in [0.5, 0.6) is 11.5 Å². The number of ether oxygens (including phenoxy) is 3. The average Bonchev–Trinajstić information content (AvgIpc) is 3.33. The fourth-order valence-corrected chi connectivity index (χ4v) is 4.45. The lowest BCUT2D eigenvalue weighted by Gasteiger charge is -2.26. The smallest absolute Gasteiger partial charge is 0.319 e. The lowest BCUT2D eigenvalue weighted by molar-refractivity contribution is 0.0365. The van der Waals surface area contributed by atoms with Gasteiger partial charge in [-0.25, -0.2) is 9.78 Å². The highest BCUT2D eigenvalue weighted by molar-refractivity contribution is 5.90. The molecule has 3 heterocycles. The van der Waals surface area contributed by atoms with Crippen LogP contribution in [-0.2, 0) is 17.8 Å². The van der Waals surface area contributed by atoms with E-state index in [-0.39, 0.29) is 6.03 Å². The van der Waals surface area contributed by atoms with Crippen molar-refractivity contribution in [3.8, 4) is 11.5 Å². The number of aromatic nitrogens is 2. The Bertz CT molecular complexity index is 1160. The van der Waals surface area contributed by atoms with Crippen molar-refractivity contribution >= 4 is 22.8 Å². The summed E-state index contributed by atoms with van der Waals surface area (Å²) in [6, 6.07) is 9.15. The third-order valence-electron chi connectivity index (χ3n) is 6.56. The Morgan fingerprint density at radius 2 is 1.97 bits per heavy atom. The standard InChI is InChI=1S/C28H39N5O4/c1-21(2)5-4-16-37-26-19-23(6-7-25(26)35-3)31-28(34)30-20-22-8-10-29-27-24(22)9-11-33(27)13-12-32-14-17-36-18-15-32/h6-11,19,21H,4-5,12-18,20H2,1-3H3,(H2,30,31,34). The molecule has 0 radical (unpaired) electrons. The van der Waals surface area contributed by atoms with E-state index in [1.165, 1.54) is 0 Å². The number of nitrogens with zero attached hydrogens (tertiary/aromatic N) is 3. The highest BCUT2D eigenvalue weighted by Gasteiger charge is 2.13. The molecule has 2 N–H and O–H groups in total. The monoisotopic (exact) mass is 509 g/mol. The molecule has 2 amide bonds. The first-order valence-electron chi connectivity index (χ1n) is 13.1. The summed E-state index contributed by atoms with van der Waals surface area (Å²) in [6.07, 6.45) is 5.94. The van der Waals surface area contributed by atoms with Crippen molar-refractivity contribution < 1.29 is 19.0 Å². The summed E-state index contributed by atoms with van der Waals surface area (Å²) in [5.41, 5.74) is 2.60. The first-order valence-corrected chi connectivity index (χ1v) is 13.1.